The van der Waals surface area contributed by atoms with E-state index in [-0.39, 0.29) is 11.9 Å². The maximum atomic E-state index is 12.2. The lowest BCUT2D eigenvalue weighted by Gasteiger charge is -2.25. The molecule has 1 aliphatic heterocycles. The third-order valence-corrected chi connectivity index (χ3v) is 4.54. The van der Waals surface area contributed by atoms with Gasteiger partial charge in [-0.25, -0.2) is 4.98 Å². The van der Waals surface area contributed by atoms with Crippen molar-refractivity contribution in [3.63, 3.8) is 0 Å². The van der Waals surface area contributed by atoms with E-state index < -0.39 is 0 Å². The number of rotatable bonds is 5. The molecule has 0 radical (unpaired) electrons. The number of aryl methyl sites for hydroxylation is 2. The van der Waals surface area contributed by atoms with Gasteiger partial charge >= 0.3 is 0 Å². The Morgan fingerprint density at radius 1 is 1.46 bits per heavy atom. The summed E-state index contributed by atoms with van der Waals surface area (Å²) >= 11 is 5.79. The second-order valence-electron chi connectivity index (χ2n) is 6.16. The van der Waals surface area contributed by atoms with Crippen molar-refractivity contribution >= 4 is 23.3 Å². The average Bonchev–Trinajstić information content (AvgIpc) is 2.95. The van der Waals surface area contributed by atoms with Gasteiger partial charge in [0.25, 0.3) is 0 Å². The van der Waals surface area contributed by atoms with Crippen molar-refractivity contribution in [2.75, 3.05) is 11.9 Å². The highest BCUT2D eigenvalue weighted by molar-refractivity contribution is 6.30. The lowest BCUT2D eigenvalue weighted by atomic mass is 9.99. The van der Waals surface area contributed by atoms with Crippen LogP contribution in [0, 0.1) is 12.8 Å². The molecule has 0 spiro atoms. The van der Waals surface area contributed by atoms with E-state index in [9.17, 15) is 4.79 Å². The van der Waals surface area contributed by atoms with E-state index in [0.717, 1.165) is 37.6 Å². The summed E-state index contributed by atoms with van der Waals surface area (Å²) in [6, 6.07) is 3.08. The fourth-order valence-corrected chi connectivity index (χ4v) is 2.93. The lowest BCUT2D eigenvalue weighted by Crippen LogP contribution is -2.42. The number of aromatic nitrogens is 4. The van der Waals surface area contributed by atoms with Gasteiger partial charge in [-0.1, -0.05) is 11.6 Å². The zero-order valence-corrected chi connectivity index (χ0v) is 14.5. The lowest BCUT2D eigenvalue weighted by molar-refractivity contribution is -0.117. The van der Waals surface area contributed by atoms with Crippen LogP contribution in [0.4, 0.5) is 5.82 Å². The van der Waals surface area contributed by atoms with Crippen LogP contribution in [0.1, 0.15) is 25.0 Å². The smallest absolute Gasteiger partial charge is 0.242 e. The quantitative estimate of drug-likeness (QED) is 0.860. The third kappa shape index (κ3) is 3.91. The third-order valence-electron chi connectivity index (χ3n) is 4.31. The highest BCUT2D eigenvalue weighted by atomic mass is 35.5. The molecule has 0 bridgehead atoms. The van der Waals surface area contributed by atoms with Gasteiger partial charge in [0.05, 0.1) is 11.1 Å². The van der Waals surface area contributed by atoms with Gasteiger partial charge in [-0.3, -0.25) is 4.79 Å². The van der Waals surface area contributed by atoms with Gasteiger partial charge in [-0.15, -0.1) is 10.2 Å². The zero-order valence-electron chi connectivity index (χ0n) is 13.8. The van der Waals surface area contributed by atoms with Crippen molar-refractivity contribution in [3.05, 3.63) is 35.0 Å². The molecule has 7 nitrogen and oxygen atoms in total. The van der Waals surface area contributed by atoms with Crippen molar-refractivity contribution in [1.82, 2.24) is 25.1 Å². The van der Waals surface area contributed by atoms with Crippen LogP contribution in [0.3, 0.4) is 0 Å². The van der Waals surface area contributed by atoms with Crippen LogP contribution in [0.25, 0.3) is 0 Å². The number of carbonyl (C=O) groups is 1. The van der Waals surface area contributed by atoms with E-state index in [0.29, 0.717) is 16.8 Å². The summed E-state index contributed by atoms with van der Waals surface area (Å²) in [5.41, 5.74) is 0. The number of anilines is 1. The molecule has 8 heteroatoms. The predicted molar refractivity (Wildman–Crippen MR) is 91.9 cm³/mol. The van der Waals surface area contributed by atoms with Gasteiger partial charge in [0.1, 0.15) is 17.5 Å². The first-order valence-corrected chi connectivity index (χ1v) is 8.45. The minimum Gasteiger partial charge on any atom is -0.315 e. The molecular weight excluding hydrogens is 328 g/mol. The summed E-state index contributed by atoms with van der Waals surface area (Å²) in [7, 11) is 0. The van der Waals surface area contributed by atoms with Crippen LogP contribution in [0.5, 0.6) is 0 Å². The Labute approximate surface area is 145 Å². The fraction of sp³-hybridized carbons (Fsp3) is 0.500. The van der Waals surface area contributed by atoms with Crippen LogP contribution in [-0.2, 0) is 17.8 Å². The molecule has 3 rings (SSSR count). The van der Waals surface area contributed by atoms with Gasteiger partial charge in [0.2, 0.25) is 5.91 Å². The molecule has 24 heavy (non-hydrogen) atoms. The Hall–Kier alpha value is -1.99. The highest BCUT2D eigenvalue weighted by Crippen LogP contribution is 2.19. The van der Waals surface area contributed by atoms with Gasteiger partial charge in [0.15, 0.2) is 0 Å². The molecule has 0 aliphatic carbocycles. The molecule has 128 valence electrons. The standard InChI is InChI=1S/C16H21ClN6O/c1-10(16(24)20-14-5-4-13(17)8-19-14)18-7-12-3-6-15-22-21-11(2)23(15)9-12/h4-5,8,10,12,18H,3,6-7,9H2,1-2H3,(H,19,20,24). The largest absolute Gasteiger partial charge is 0.315 e. The van der Waals surface area contributed by atoms with Gasteiger partial charge in [0, 0.05) is 25.7 Å². The first kappa shape index (κ1) is 16.9. The molecule has 0 aromatic carbocycles. The van der Waals surface area contributed by atoms with E-state index in [1.165, 1.54) is 6.20 Å². The number of nitrogens with zero attached hydrogens (tertiary/aromatic N) is 4. The average molecular weight is 349 g/mol. The second-order valence-corrected chi connectivity index (χ2v) is 6.60. The molecule has 2 unspecified atom stereocenters. The monoisotopic (exact) mass is 348 g/mol. The molecule has 2 aromatic rings. The highest BCUT2D eigenvalue weighted by Gasteiger charge is 2.22. The predicted octanol–water partition coefficient (Wildman–Crippen LogP) is 1.81. The van der Waals surface area contributed by atoms with Gasteiger partial charge in [-0.05, 0) is 38.3 Å². The van der Waals surface area contributed by atoms with E-state index in [4.69, 9.17) is 11.6 Å². The normalized spacial score (nSPS) is 18.0. The molecule has 2 N–H and O–H groups in total. The Bertz CT molecular complexity index is 714. The minimum absolute atomic E-state index is 0.109. The summed E-state index contributed by atoms with van der Waals surface area (Å²) < 4.78 is 2.16. The number of hydrogen-bond acceptors (Lipinski definition) is 5. The van der Waals surface area contributed by atoms with Gasteiger partial charge < -0.3 is 15.2 Å². The van der Waals surface area contributed by atoms with Crippen molar-refractivity contribution in [3.8, 4) is 0 Å². The topological polar surface area (TPSA) is 84.7 Å². The minimum atomic E-state index is -0.300. The number of hydrogen-bond donors (Lipinski definition) is 2. The van der Waals surface area contributed by atoms with E-state index >= 15 is 0 Å². The van der Waals surface area contributed by atoms with E-state index in [1.54, 1.807) is 12.1 Å². The number of halogens is 1. The molecule has 0 saturated carbocycles. The molecule has 3 heterocycles. The molecule has 1 amide bonds. The molecule has 2 aromatic heterocycles. The van der Waals surface area contributed by atoms with E-state index in [2.05, 4.69) is 30.4 Å². The van der Waals surface area contributed by atoms with Crippen molar-refractivity contribution in [2.45, 2.75) is 39.3 Å². The zero-order chi connectivity index (χ0) is 17.1. The van der Waals surface area contributed by atoms with Crippen molar-refractivity contribution < 1.29 is 4.79 Å². The van der Waals surface area contributed by atoms with Crippen LogP contribution in [-0.4, -0.2) is 38.2 Å². The first-order chi connectivity index (χ1) is 11.5. The summed E-state index contributed by atoms with van der Waals surface area (Å²) in [5, 5.41) is 14.9. The Balaban J connectivity index is 1.48. The van der Waals surface area contributed by atoms with Crippen LogP contribution in [0.15, 0.2) is 18.3 Å². The molecule has 0 saturated heterocycles. The molecule has 1 aliphatic rings. The maximum Gasteiger partial charge on any atom is 0.242 e. The summed E-state index contributed by atoms with van der Waals surface area (Å²) in [6.07, 6.45) is 3.50. The SMILES string of the molecule is Cc1nnc2n1CC(CNC(C)C(=O)Nc1ccc(Cl)cn1)CC2. The van der Waals surface area contributed by atoms with Crippen LogP contribution >= 0.6 is 11.6 Å². The van der Waals surface area contributed by atoms with Crippen LogP contribution < -0.4 is 10.6 Å². The van der Waals surface area contributed by atoms with Crippen molar-refractivity contribution in [2.24, 2.45) is 5.92 Å². The second kappa shape index (κ2) is 7.27. The summed E-state index contributed by atoms with van der Waals surface area (Å²) in [6.45, 7) is 5.50. The molecular formula is C16H21ClN6O. The van der Waals surface area contributed by atoms with E-state index in [1.807, 2.05) is 13.8 Å². The Morgan fingerprint density at radius 3 is 3.04 bits per heavy atom. The number of fused-ring (bicyclic) bond motifs is 1. The van der Waals surface area contributed by atoms with Gasteiger partial charge in [-0.2, -0.15) is 0 Å². The number of carbonyl (C=O) groups excluding carboxylic acids is 1. The number of amides is 1. The number of pyridine rings is 1. The fourth-order valence-electron chi connectivity index (χ4n) is 2.82. The Morgan fingerprint density at radius 2 is 2.29 bits per heavy atom. The summed E-state index contributed by atoms with van der Waals surface area (Å²) in [4.78, 5) is 16.3. The number of nitrogens with one attached hydrogen (secondary N) is 2. The maximum absolute atomic E-state index is 12.2. The van der Waals surface area contributed by atoms with Crippen molar-refractivity contribution in [1.29, 1.82) is 0 Å². The first-order valence-electron chi connectivity index (χ1n) is 8.07. The molecule has 0 fully saturated rings. The van der Waals surface area contributed by atoms with Crippen LogP contribution in [0.2, 0.25) is 5.02 Å². The summed E-state index contributed by atoms with van der Waals surface area (Å²) in [5.74, 6) is 2.87. The molecule has 2 atom stereocenters. The Kier molecular flexibility index (Phi) is 5.11.